The third kappa shape index (κ3) is 5.52. The van der Waals surface area contributed by atoms with Gasteiger partial charge < -0.3 is 21.5 Å². The molecule has 0 bridgehead atoms. The minimum absolute atomic E-state index is 0.0509. The van der Waals surface area contributed by atoms with Crippen LogP contribution in [0.1, 0.15) is 59.4 Å². The molecule has 3 aliphatic rings. The number of alkyl halides is 5. The van der Waals surface area contributed by atoms with Gasteiger partial charge >= 0.3 is 6.18 Å². The summed E-state index contributed by atoms with van der Waals surface area (Å²) in [6.07, 6.45) is -5.87. The minimum atomic E-state index is -5.16. The van der Waals surface area contributed by atoms with E-state index in [0.717, 1.165) is 12.1 Å². The van der Waals surface area contributed by atoms with E-state index in [9.17, 15) is 31.9 Å². The van der Waals surface area contributed by atoms with Crippen LogP contribution in [-0.4, -0.2) is 59.2 Å². The molecule has 5 N–H and O–H groups in total. The summed E-state index contributed by atoms with van der Waals surface area (Å²) >= 11 is 1.23. The Morgan fingerprint density at radius 3 is 2.44 bits per heavy atom. The molecule has 1 saturated carbocycles. The van der Waals surface area contributed by atoms with Crippen LogP contribution < -0.4 is 16.4 Å². The Hall–Kier alpha value is -5.30. The number of β-amino-alcohol motifs (C(OH)–C–C–N with tert-alkyl or cyclic N) is 1. The van der Waals surface area contributed by atoms with Gasteiger partial charge in [-0.05, 0) is 55.5 Å². The van der Waals surface area contributed by atoms with Crippen LogP contribution in [0, 0.1) is 17.6 Å². The van der Waals surface area contributed by atoms with Crippen molar-refractivity contribution in [2.24, 2.45) is 18.7 Å². The smallest absolute Gasteiger partial charge is 0.386 e. The molecule has 5 heterocycles. The number of primary amides is 1. The zero-order valence-corrected chi connectivity index (χ0v) is 29.7. The van der Waals surface area contributed by atoms with Crippen molar-refractivity contribution < 1.29 is 40.6 Å². The number of nitrogens with two attached hydrogens (primary N) is 2. The fourth-order valence-electron chi connectivity index (χ4n) is 8.45. The number of pyridine rings is 1. The van der Waals surface area contributed by atoms with Crippen molar-refractivity contribution in [3.63, 3.8) is 0 Å². The normalized spacial score (nSPS) is 20.7. The van der Waals surface area contributed by atoms with E-state index in [-0.39, 0.29) is 47.8 Å². The topological polar surface area (TPSA) is 154 Å². The first kappa shape index (κ1) is 35.4. The van der Waals surface area contributed by atoms with Gasteiger partial charge in [0.15, 0.2) is 22.3 Å². The standard InChI is InChI=1S/C36H30F7N9O2S/c1-34(54)12-51(13-34)33-47-32-23(55-33)11-19(17-4-3-5-18-26(17)50(2)49-30(18)44)25(46-32)21(8-14-6-15(37)9-16(38)7-14)27(31(45)53)52-29-24(28(48-52)36(41,42)43)20-10-22(20)35(29,39)40/h3-7,9,11,20-22,27,54H,8,10,12-13H2,1-2H3,(H2,44,49)(H2,45,53)/t20-,21+,22+,27?/m0/s1. The van der Waals surface area contributed by atoms with Crippen molar-refractivity contribution in [1.82, 2.24) is 29.5 Å². The van der Waals surface area contributed by atoms with Crippen LogP contribution in [-0.2, 0) is 30.4 Å². The van der Waals surface area contributed by atoms with E-state index in [1.165, 1.54) is 16.0 Å². The van der Waals surface area contributed by atoms with Crippen LogP contribution >= 0.6 is 11.3 Å². The van der Waals surface area contributed by atoms with Gasteiger partial charge in [-0.15, -0.1) is 0 Å². The van der Waals surface area contributed by atoms with Crippen molar-refractivity contribution in [2.75, 3.05) is 23.7 Å². The van der Waals surface area contributed by atoms with E-state index in [4.69, 9.17) is 16.5 Å². The van der Waals surface area contributed by atoms with Crippen LogP contribution in [0.15, 0.2) is 42.5 Å². The third-order valence-corrected chi connectivity index (χ3v) is 11.8. The fourth-order valence-corrected chi connectivity index (χ4v) is 9.40. The van der Waals surface area contributed by atoms with Gasteiger partial charge in [-0.1, -0.05) is 23.5 Å². The SMILES string of the molecule is Cn1nc(N)c2cccc(-c3cc4sc(N5CC(C)(O)C5)nc4nc3[C@@H](Cc3cc(F)cc(F)c3)C(C(N)=O)n3nc(C(F)(F)F)c4c3C(F)(F)[C@@H]3C[C@H]43)c21. The molecule has 19 heteroatoms. The lowest BCUT2D eigenvalue weighted by molar-refractivity contribution is -0.142. The van der Waals surface area contributed by atoms with E-state index in [1.54, 1.807) is 38.2 Å². The van der Waals surface area contributed by atoms with Gasteiger partial charge in [-0.3, -0.25) is 9.48 Å². The molecule has 2 fully saturated rings. The van der Waals surface area contributed by atoms with Crippen molar-refractivity contribution in [3.05, 3.63) is 82.3 Å². The molecular formula is C36H30F7N9O2S. The van der Waals surface area contributed by atoms with E-state index < -0.39 is 82.4 Å². The number of fused-ring (bicyclic) bond motifs is 5. The van der Waals surface area contributed by atoms with Gasteiger partial charge in [0.1, 0.15) is 23.4 Å². The number of rotatable bonds is 8. The zero-order valence-electron chi connectivity index (χ0n) is 28.9. The molecule has 1 amide bonds. The molecule has 1 saturated heterocycles. The fraction of sp³-hybridized carbons (Fsp3) is 0.361. The predicted octanol–water partition coefficient (Wildman–Crippen LogP) is 6.15. The quantitative estimate of drug-likeness (QED) is 0.155. The van der Waals surface area contributed by atoms with Crippen molar-refractivity contribution in [1.29, 1.82) is 0 Å². The molecule has 6 aromatic rings. The van der Waals surface area contributed by atoms with E-state index in [1.807, 2.05) is 4.90 Å². The summed E-state index contributed by atoms with van der Waals surface area (Å²) in [7, 11) is 1.63. The lowest BCUT2D eigenvalue weighted by Gasteiger charge is -2.43. The molecule has 2 aromatic carbocycles. The molecule has 55 heavy (non-hydrogen) atoms. The molecule has 9 rings (SSSR count). The first-order chi connectivity index (χ1) is 25.8. The number of aromatic nitrogens is 6. The number of thiazole rings is 1. The van der Waals surface area contributed by atoms with Crippen LogP contribution in [0.3, 0.4) is 0 Å². The van der Waals surface area contributed by atoms with Crippen LogP contribution in [0.2, 0.25) is 0 Å². The summed E-state index contributed by atoms with van der Waals surface area (Å²) in [5.41, 5.74) is 9.14. The first-order valence-corrected chi connectivity index (χ1v) is 18.0. The third-order valence-electron chi connectivity index (χ3n) is 10.7. The Morgan fingerprint density at radius 2 is 1.78 bits per heavy atom. The van der Waals surface area contributed by atoms with Gasteiger partial charge in [0.05, 0.1) is 34.6 Å². The van der Waals surface area contributed by atoms with Gasteiger partial charge in [0, 0.05) is 47.0 Å². The van der Waals surface area contributed by atoms with Crippen molar-refractivity contribution in [3.8, 4) is 11.1 Å². The second-order valence-corrected chi connectivity index (χ2v) is 15.9. The average molecular weight is 786 g/mol. The summed E-state index contributed by atoms with van der Waals surface area (Å²) in [5.74, 6) is -11.1. The van der Waals surface area contributed by atoms with E-state index >= 15 is 8.78 Å². The van der Waals surface area contributed by atoms with Crippen LogP contribution in [0.4, 0.5) is 41.7 Å². The summed E-state index contributed by atoms with van der Waals surface area (Å²) in [6, 6.07) is 7.22. The summed E-state index contributed by atoms with van der Waals surface area (Å²) in [4.78, 5) is 25.1. The Kier molecular flexibility index (Phi) is 7.47. The molecule has 4 aromatic heterocycles. The van der Waals surface area contributed by atoms with Gasteiger partial charge in [-0.25, -0.2) is 18.4 Å². The van der Waals surface area contributed by atoms with E-state index in [2.05, 4.69) is 15.2 Å². The second-order valence-electron chi connectivity index (χ2n) is 14.9. The molecule has 11 nitrogen and oxygen atoms in total. The first-order valence-electron chi connectivity index (χ1n) is 17.1. The van der Waals surface area contributed by atoms with Gasteiger partial charge in [0.25, 0.3) is 5.92 Å². The number of nitrogens with zero attached hydrogens (tertiary/aromatic N) is 7. The Balaban J connectivity index is 1.34. The maximum absolute atomic E-state index is 16.1. The average Bonchev–Trinajstić information content (AvgIpc) is 3.34. The van der Waals surface area contributed by atoms with Crippen molar-refractivity contribution >= 4 is 49.4 Å². The lowest BCUT2D eigenvalue weighted by Crippen LogP contribution is -2.60. The van der Waals surface area contributed by atoms with Crippen LogP contribution in [0.25, 0.3) is 32.4 Å². The Labute approximate surface area is 310 Å². The second kappa shape index (κ2) is 11.6. The number of hydrogen-bond donors (Lipinski definition) is 3. The molecule has 286 valence electrons. The maximum atomic E-state index is 16.1. The number of carbonyl (C=O) groups excluding carboxylic acids is 1. The highest BCUT2D eigenvalue weighted by atomic mass is 32.1. The highest BCUT2D eigenvalue weighted by Gasteiger charge is 2.69. The highest BCUT2D eigenvalue weighted by Crippen LogP contribution is 2.69. The molecule has 1 aliphatic heterocycles. The number of nitrogen functional groups attached to an aromatic ring is 1. The number of carbonyl (C=O) groups is 1. The van der Waals surface area contributed by atoms with Crippen molar-refractivity contribution in [2.45, 2.75) is 55.3 Å². The maximum Gasteiger partial charge on any atom is 0.435 e. The number of benzene rings is 2. The molecule has 4 atom stereocenters. The Morgan fingerprint density at radius 1 is 1.07 bits per heavy atom. The molecule has 2 aliphatic carbocycles. The summed E-state index contributed by atoms with van der Waals surface area (Å²) < 4.78 is 108. The number of para-hydroxylation sites is 1. The number of aryl methyl sites for hydroxylation is 1. The summed E-state index contributed by atoms with van der Waals surface area (Å²) in [6.45, 7) is 2.19. The van der Waals surface area contributed by atoms with Crippen LogP contribution in [0.5, 0.6) is 0 Å². The number of amides is 1. The summed E-state index contributed by atoms with van der Waals surface area (Å²) in [5, 5.41) is 19.4. The monoisotopic (exact) mass is 785 g/mol. The van der Waals surface area contributed by atoms with Gasteiger partial charge in [-0.2, -0.15) is 37.1 Å². The number of halogens is 7. The van der Waals surface area contributed by atoms with E-state index in [0.29, 0.717) is 37.0 Å². The van der Waals surface area contributed by atoms with Gasteiger partial charge in [0.2, 0.25) is 5.91 Å². The number of hydrogen-bond acceptors (Lipinski definition) is 9. The lowest BCUT2D eigenvalue weighted by atomic mass is 9.84. The largest absolute Gasteiger partial charge is 0.435 e. The number of aliphatic hydroxyl groups is 1. The minimum Gasteiger partial charge on any atom is -0.386 e. The zero-order chi connectivity index (χ0) is 39.1. The Bertz CT molecular complexity index is 2570. The molecule has 1 unspecified atom stereocenters. The predicted molar refractivity (Wildman–Crippen MR) is 187 cm³/mol. The highest BCUT2D eigenvalue weighted by molar-refractivity contribution is 7.22. The molecule has 0 spiro atoms. The molecular weight excluding hydrogens is 756 g/mol. The number of anilines is 2. The molecule has 0 radical (unpaired) electrons.